The van der Waals surface area contributed by atoms with Gasteiger partial charge in [-0.3, -0.25) is 0 Å². The Morgan fingerprint density at radius 3 is 2.67 bits per heavy atom. The normalized spacial score (nSPS) is 10.3. The topological polar surface area (TPSA) is 38.7 Å². The van der Waals surface area contributed by atoms with Gasteiger partial charge in [0.2, 0.25) is 11.2 Å². The number of aromatic nitrogens is 3. The monoisotopic (exact) mass is 243 g/mol. The van der Waals surface area contributed by atoms with E-state index in [4.69, 9.17) is 23.2 Å². The number of pyridine rings is 1. The predicted octanol–water partition coefficient (Wildman–Crippen LogP) is 2.98. The van der Waals surface area contributed by atoms with Crippen LogP contribution in [0.4, 0.5) is 4.39 Å². The molecule has 76 valence electrons. The van der Waals surface area contributed by atoms with Crippen molar-refractivity contribution in [2.24, 2.45) is 0 Å². The van der Waals surface area contributed by atoms with Crippen LogP contribution in [-0.2, 0) is 0 Å². The number of nitrogens with zero attached hydrogens (tertiary/aromatic N) is 3. The van der Waals surface area contributed by atoms with Gasteiger partial charge in [0.25, 0.3) is 0 Å². The standard InChI is InChI=1S/C9H4Cl2FN3/c10-5-4-13-9(11)15-8(5)6-2-1-3-7(12)14-6/h1-4H. The second kappa shape index (κ2) is 4.08. The molecule has 15 heavy (non-hydrogen) atoms. The summed E-state index contributed by atoms with van der Waals surface area (Å²) in [6.07, 6.45) is 1.35. The molecule has 0 spiro atoms. The van der Waals surface area contributed by atoms with Crippen molar-refractivity contribution in [2.75, 3.05) is 0 Å². The minimum Gasteiger partial charge on any atom is -0.225 e. The van der Waals surface area contributed by atoms with Crippen LogP contribution in [0.25, 0.3) is 11.4 Å². The molecule has 0 N–H and O–H groups in total. The van der Waals surface area contributed by atoms with E-state index in [-0.39, 0.29) is 10.3 Å². The lowest BCUT2D eigenvalue weighted by molar-refractivity contribution is 0.585. The van der Waals surface area contributed by atoms with Crippen LogP contribution in [0, 0.1) is 5.95 Å². The average molecular weight is 244 g/mol. The van der Waals surface area contributed by atoms with Crippen LogP contribution in [0.15, 0.2) is 24.4 Å². The highest BCUT2D eigenvalue weighted by atomic mass is 35.5. The first-order valence-corrected chi connectivity index (χ1v) is 4.73. The van der Waals surface area contributed by atoms with Gasteiger partial charge < -0.3 is 0 Å². The summed E-state index contributed by atoms with van der Waals surface area (Å²) in [6.45, 7) is 0. The highest BCUT2D eigenvalue weighted by Gasteiger charge is 2.08. The number of hydrogen-bond donors (Lipinski definition) is 0. The SMILES string of the molecule is Fc1cccc(-c2nc(Cl)ncc2Cl)n1. The zero-order chi connectivity index (χ0) is 10.8. The van der Waals surface area contributed by atoms with Crippen molar-refractivity contribution in [3.8, 4) is 11.4 Å². The van der Waals surface area contributed by atoms with Crippen LogP contribution in [0.1, 0.15) is 0 Å². The lowest BCUT2D eigenvalue weighted by atomic mass is 10.2. The summed E-state index contributed by atoms with van der Waals surface area (Å²) in [5, 5.41) is 0.318. The Kier molecular flexibility index (Phi) is 2.79. The average Bonchev–Trinajstić information content (AvgIpc) is 2.22. The first-order chi connectivity index (χ1) is 7.16. The van der Waals surface area contributed by atoms with Gasteiger partial charge in [0.1, 0.15) is 5.69 Å². The van der Waals surface area contributed by atoms with E-state index in [0.717, 1.165) is 0 Å². The van der Waals surface area contributed by atoms with Gasteiger partial charge in [-0.05, 0) is 23.7 Å². The molecule has 0 fully saturated rings. The summed E-state index contributed by atoms with van der Waals surface area (Å²) < 4.78 is 12.9. The third kappa shape index (κ3) is 2.22. The first-order valence-electron chi connectivity index (χ1n) is 3.98. The number of hydrogen-bond acceptors (Lipinski definition) is 3. The Hall–Kier alpha value is -1.26. The molecule has 0 atom stereocenters. The molecule has 2 rings (SSSR count). The zero-order valence-corrected chi connectivity index (χ0v) is 8.80. The van der Waals surface area contributed by atoms with Crippen molar-refractivity contribution in [2.45, 2.75) is 0 Å². The van der Waals surface area contributed by atoms with E-state index in [1.807, 2.05) is 0 Å². The molecule has 0 radical (unpaired) electrons. The third-order valence-electron chi connectivity index (χ3n) is 1.67. The molecule has 2 aromatic rings. The lowest BCUT2D eigenvalue weighted by Crippen LogP contribution is -1.92. The molecule has 3 nitrogen and oxygen atoms in total. The van der Waals surface area contributed by atoms with Crippen LogP contribution in [0.3, 0.4) is 0 Å². The second-order valence-corrected chi connectivity index (χ2v) is 3.43. The smallest absolute Gasteiger partial charge is 0.223 e. The lowest BCUT2D eigenvalue weighted by Gasteiger charge is -2.01. The van der Waals surface area contributed by atoms with Gasteiger partial charge in [-0.1, -0.05) is 17.7 Å². The maximum absolute atomic E-state index is 12.9. The number of rotatable bonds is 1. The summed E-state index contributed by atoms with van der Waals surface area (Å²) in [7, 11) is 0. The van der Waals surface area contributed by atoms with Gasteiger partial charge in [-0.25, -0.2) is 15.0 Å². The Morgan fingerprint density at radius 1 is 1.13 bits per heavy atom. The Labute approximate surface area is 94.9 Å². The van der Waals surface area contributed by atoms with Crippen molar-refractivity contribution in [3.63, 3.8) is 0 Å². The van der Waals surface area contributed by atoms with Gasteiger partial charge in [-0.2, -0.15) is 4.39 Å². The van der Waals surface area contributed by atoms with Crippen LogP contribution >= 0.6 is 23.2 Å². The molecule has 6 heteroatoms. The highest BCUT2D eigenvalue weighted by molar-refractivity contribution is 6.33. The molecule has 0 aliphatic rings. The maximum atomic E-state index is 12.9. The van der Waals surface area contributed by atoms with E-state index >= 15 is 0 Å². The summed E-state index contributed by atoms with van der Waals surface area (Å²) in [6, 6.07) is 4.35. The van der Waals surface area contributed by atoms with Crippen molar-refractivity contribution in [1.29, 1.82) is 0 Å². The Morgan fingerprint density at radius 2 is 1.93 bits per heavy atom. The maximum Gasteiger partial charge on any atom is 0.223 e. The van der Waals surface area contributed by atoms with E-state index in [2.05, 4.69) is 15.0 Å². The molecule has 2 heterocycles. The molecule has 0 saturated heterocycles. The third-order valence-corrected chi connectivity index (χ3v) is 2.13. The van der Waals surface area contributed by atoms with Crippen molar-refractivity contribution in [1.82, 2.24) is 15.0 Å². The highest BCUT2D eigenvalue weighted by Crippen LogP contribution is 2.24. The summed E-state index contributed by atoms with van der Waals surface area (Å²) in [4.78, 5) is 11.2. The van der Waals surface area contributed by atoms with E-state index in [1.54, 1.807) is 6.07 Å². The van der Waals surface area contributed by atoms with Crippen LogP contribution < -0.4 is 0 Å². The summed E-state index contributed by atoms with van der Waals surface area (Å²) >= 11 is 11.4. The van der Waals surface area contributed by atoms with Gasteiger partial charge in [-0.15, -0.1) is 0 Å². The van der Waals surface area contributed by atoms with Crippen LogP contribution in [0.2, 0.25) is 10.3 Å². The minimum atomic E-state index is -0.599. The summed E-state index contributed by atoms with van der Waals surface area (Å²) in [5.74, 6) is -0.599. The zero-order valence-electron chi connectivity index (χ0n) is 7.28. The molecule has 2 aromatic heterocycles. The molecule has 0 bridgehead atoms. The molecular weight excluding hydrogens is 240 g/mol. The van der Waals surface area contributed by atoms with Crippen molar-refractivity contribution >= 4 is 23.2 Å². The van der Waals surface area contributed by atoms with Gasteiger partial charge >= 0.3 is 0 Å². The van der Waals surface area contributed by atoms with E-state index in [1.165, 1.54) is 18.3 Å². The van der Waals surface area contributed by atoms with E-state index in [9.17, 15) is 4.39 Å². The molecule has 0 saturated carbocycles. The fraction of sp³-hybridized carbons (Fsp3) is 0. The largest absolute Gasteiger partial charge is 0.225 e. The number of halogens is 3. The molecule has 0 unspecified atom stereocenters. The van der Waals surface area contributed by atoms with E-state index in [0.29, 0.717) is 11.4 Å². The molecule has 0 aliphatic carbocycles. The van der Waals surface area contributed by atoms with Gasteiger partial charge in [0, 0.05) is 0 Å². The predicted molar refractivity (Wildman–Crippen MR) is 55.2 cm³/mol. The first kappa shape index (κ1) is 10.3. The minimum absolute atomic E-state index is 0.0421. The molecule has 0 aromatic carbocycles. The molecule has 0 aliphatic heterocycles. The van der Waals surface area contributed by atoms with E-state index < -0.39 is 5.95 Å². The molecule has 0 amide bonds. The molecular formula is C9H4Cl2FN3. The van der Waals surface area contributed by atoms with Crippen molar-refractivity contribution < 1.29 is 4.39 Å². The quantitative estimate of drug-likeness (QED) is 0.571. The fourth-order valence-electron chi connectivity index (χ4n) is 1.07. The van der Waals surface area contributed by atoms with Gasteiger partial charge in [0.05, 0.1) is 16.9 Å². The second-order valence-electron chi connectivity index (χ2n) is 2.68. The van der Waals surface area contributed by atoms with Crippen LogP contribution in [0.5, 0.6) is 0 Å². The summed E-state index contributed by atoms with van der Waals surface area (Å²) in [5.41, 5.74) is 0.639. The van der Waals surface area contributed by atoms with Crippen molar-refractivity contribution in [3.05, 3.63) is 40.6 Å². The van der Waals surface area contributed by atoms with Crippen LogP contribution in [-0.4, -0.2) is 15.0 Å². The Balaban J connectivity index is 2.58. The van der Waals surface area contributed by atoms with Gasteiger partial charge in [0.15, 0.2) is 0 Å². The Bertz CT molecular complexity index is 504. The fourth-order valence-corrected chi connectivity index (χ4v) is 1.39.